The van der Waals surface area contributed by atoms with Crippen molar-refractivity contribution in [2.24, 2.45) is 17.1 Å². The Balaban J connectivity index is 1.86. The summed E-state index contributed by atoms with van der Waals surface area (Å²) < 4.78 is 6.53. The molecule has 2 aliphatic carbocycles. The lowest BCUT2D eigenvalue weighted by atomic mass is 9.70. The number of hydrogen-bond donors (Lipinski definition) is 1. The zero-order valence-corrected chi connectivity index (χ0v) is 13.2. The molecule has 2 N–H and O–H groups in total. The topological polar surface area (TPSA) is 35.2 Å². The van der Waals surface area contributed by atoms with Gasteiger partial charge in [0.05, 0.1) is 11.7 Å². The Labute approximate surface area is 119 Å². The molecule has 0 unspecified atom stereocenters. The fourth-order valence-electron chi connectivity index (χ4n) is 3.76. The van der Waals surface area contributed by atoms with E-state index < -0.39 is 0 Å². The lowest BCUT2D eigenvalue weighted by Crippen LogP contribution is -2.48. The van der Waals surface area contributed by atoms with Crippen LogP contribution in [0.4, 0.5) is 0 Å². The Morgan fingerprint density at radius 2 is 1.58 bits per heavy atom. The highest BCUT2D eigenvalue weighted by Crippen LogP contribution is 2.43. The van der Waals surface area contributed by atoms with E-state index in [1.807, 2.05) is 0 Å². The van der Waals surface area contributed by atoms with Crippen molar-refractivity contribution in [3.05, 3.63) is 0 Å². The quantitative estimate of drug-likeness (QED) is 0.825. The second-order valence-electron chi connectivity index (χ2n) is 7.72. The van der Waals surface area contributed by atoms with E-state index in [1.54, 1.807) is 0 Å². The molecule has 0 bridgehead atoms. The highest BCUT2D eigenvalue weighted by Gasteiger charge is 2.40. The fraction of sp³-hybridized carbons (Fsp3) is 1.00. The van der Waals surface area contributed by atoms with Gasteiger partial charge >= 0.3 is 0 Å². The van der Waals surface area contributed by atoms with E-state index in [-0.39, 0.29) is 5.60 Å². The normalized spacial score (nSPS) is 34.1. The summed E-state index contributed by atoms with van der Waals surface area (Å²) in [5.74, 6) is 0.943. The molecular weight excluding hydrogens is 234 g/mol. The second-order valence-corrected chi connectivity index (χ2v) is 7.72. The van der Waals surface area contributed by atoms with Crippen LogP contribution >= 0.6 is 0 Å². The minimum Gasteiger partial charge on any atom is -0.370 e. The minimum absolute atomic E-state index is 0.000756. The third kappa shape index (κ3) is 3.95. The van der Waals surface area contributed by atoms with E-state index in [0.717, 1.165) is 18.8 Å². The summed E-state index contributed by atoms with van der Waals surface area (Å²) in [4.78, 5) is 0. The first-order valence-corrected chi connectivity index (χ1v) is 8.36. The predicted octanol–water partition coefficient (Wildman–Crippen LogP) is 4.27. The first-order valence-electron chi connectivity index (χ1n) is 8.36. The summed E-state index contributed by atoms with van der Waals surface area (Å²) in [5.41, 5.74) is 6.56. The maximum Gasteiger partial charge on any atom is 0.0808 e. The van der Waals surface area contributed by atoms with Gasteiger partial charge in [-0.3, -0.25) is 0 Å². The zero-order chi connectivity index (χ0) is 13.9. The smallest absolute Gasteiger partial charge is 0.0808 e. The molecule has 2 fully saturated rings. The average molecular weight is 267 g/mol. The van der Waals surface area contributed by atoms with Gasteiger partial charge < -0.3 is 10.5 Å². The van der Waals surface area contributed by atoms with Gasteiger partial charge in [0.1, 0.15) is 0 Å². The monoisotopic (exact) mass is 267 g/mol. The molecule has 0 amide bonds. The van der Waals surface area contributed by atoms with Crippen LogP contribution in [0.2, 0.25) is 0 Å². The molecule has 0 saturated heterocycles. The third-order valence-electron chi connectivity index (χ3n) is 5.67. The van der Waals surface area contributed by atoms with Gasteiger partial charge in [-0.1, -0.05) is 27.2 Å². The van der Waals surface area contributed by atoms with E-state index in [2.05, 4.69) is 20.8 Å². The van der Waals surface area contributed by atoms with Gasteiger partial charge in [-0.05, 0) is 62.7 Å². The van der Waals surface area contributed by atoms with Crippen LogP contribution in [0.5, 0.6) is 0 Å². The average Bonchev–Trinajstić information content (AvgIpc) is 2.42. The maximum absolute atomic E-state index is 6.53. The van der Waals surface area contributed by atoms with Gasteiger partial charge in [0.25, 0.3) is 0 Å². The molecule has 2 nitrogen and oxygen atoms in total. The molecule has 2 aliphatic rings. The third-order valence-corrected chi connectivity index (χ3v) is 5.67. The Morgan fingerprint density at radius 3 is 2.05 bits per heavy atom. The van der Waals surface area contributed by atoms with Crippen LogP contribution in [-0.4, -0.2) is 18.2 Å². The number of rotatable bonds is 4. The summed E-state index contributed by atoms with van der Waals surface area (Å²) in [5, 5.41) is 0. The Hall–Kier alpha value is -0.0800. The van der Waals surface area contributed by atoms with Gasteiger partial charge in [-0.25, -0.2) is 0 Å². The van der Waals surface area contributed by atoms with Crippen molar-refractivity contribution in [3.8, 4) is 0 Å². The van der Waals surface area contributed by atoms with Crippen molar-refractivity contribution in [2.45, 2.75) is 90.3 Å². The van der Waals surface area contributed by atoms with E-state index in [0.29, 0.717) is 18.1 Å². The van der Waals surface area contributed by atoms with Crippen molar-refractivity contribution in [1.29, 1.82) is 0 Å². The molecule has 2 rings (SSSR count). The van der Waals surface area contributed by atoms with E-state index in [4.69, 9.17) is 10.5 Å². The molecule has 0 aliphatic heterocycles. The largest absolute Gasteiger partial charge is 0.370 e. The lowest BCUT2D eigenvalue weighted by molar-refractivity contribution is -0.132. The first kappa shape index (κ1) is 15.3. The molecule has 0 aromatic rings. The van der Waals surface area contributed by atoms with Gasteiger partial charge in [-0.2, -0.15) is 0 Å². The van der Waals surface area contributed by atoms with Gasteiger partial charge in [0.2, 0.25) is 0 Å². The van der Waals surface area contributed by atoms with Crippen molar-refractivity contribution >= 4 is 0 Å². The first-order chi connectivity index (χ1) is 8.99. The molecule has 0 radical (unpaired) electrons. The zero-order valence-electron chi connectivity index (χ0n) is 13.2. The van der Waals surface area contributed by atoms with Crippen LogP contribution in [-0.2, 0) is 4.74 Å². The van der Waals surface area contributed by atoms with Gasteiger partial charge in [-0.15, -0.1) is 0 Å². The number of ether oxygens (including phenoxy) is 1. The molecule has 0 aromatic heterocycles. The number of nitrogens with two attached hydrogens (primary N) is 1. The van der Waals surface area contributed by atoms with E-state index in [1.165, 1.54) is 44.9 Å². The molecule has 2 saturated carbocycles. The van der Waals surface area contributed by atoms with Crippen molar-refractivity contribution in [2.75, 3.05) is 6.54 Å². The van der Waals surface area contributed by atoms with Crippen LogP contribution in [0.1, 0.15) is 78.6 Å². The highest BCUT2D eigenvalue weighted by molar-refractivity contribution is 4.92. The summed E-state index contributed by atoms with van der Waals surface area (Å²) >= 11 is 0. The molecule has 0 heterocycles. The van der Waals surface area contributed by atoms with E-state index in [9.17, 15) is 0 Å². The van der Waals surface area contributed by atoms with Crippen molar-refractivity contribution in [1.82, 2.24) is 0 Å². The van der Waals surface area contributed by atoms with E-state index >= 15 is 0 Å². The van der Waals surface area contributed by atoms with Crippen molar-refractivity contribution < 1.29 is 4.74 Å². The Morgan fingerprint density at radius 1 is 1.00 bits per heavy atom. The molecule has 0 spiro atoms. The SMILES string of the molecule is CCC1CCC(OC2(CN)CCC(C)(C)CC2)CC1. The van der Waals surface area contributed by atoms with Gasteiger partial charge in [0.15, 0.2) is 0 Å². The minimum atomic E-state index is -0.000756. The summed E-state index contributed by atoms with van der Waals surface area (Å²) in [7, 11) is 0. The van der Waals surface area contributed by atoms with Crippen LogP contribution in [0.15, 0.2) is 0 Å². The maximum atomic E-state index is 6.53. The van der Waals surface area contributed by atoms with Crippen LogP contribution < -0.4 is 5.73 Å². The predicted molar refractivity (Wildman–Crippen MR) is 81.2 cm³/mol. The molecule has 2 heteroatoms. The van der Waals surface area contributed by atoms with Crippen molar-refractivity contribution in [3.63, 3.8) is 0 Å². The van der Waals surface area contributed by atoms with Gasteiger partial charge in [0, 0.05) is 6.54 Å². The lowest BCUT2D eigenvalue weighted by Gasteiger charge is -2.45. The molecular formula is C17H33NO. The summed E-state index contributed by atoms with van der Waals surface area (Å²) in [6, 6.07) is 0. The van der Waals surface area contributed by atoms with Crippen LogP contribution in [0.25, 0.3) is 0 Å². The van der Waals surface area contributed by atoms with Crippen LogP contribution in [0.3, 0.4) is 0 Å². The molecule has 112 valence electrons. The Kier molecular flexibility index (Phi) is 4.94. The van der Waals surface area contributed by atoms with Crippen LogP contribution in [0, 0.1) is 11.3 Å². The standard InChI is InChI=1S/C17H33NO/c1-4-14-5-7-15(8-6-14)19-17(13-18)11-9-16(2,3)10-12-17/h14-15H,4-13,18H2,1-3H3. The molecule has 19 heavy (non-hydrogen) atoms. The fourth-order valence-corrected chi connectivity index (χ4v) is 3.76. The molecule has 0 aromatic carbocycles. The Bertz CT molecular complexity index is 269. The molecule has 0 atom stereocenters. The second kappa shape index (κ2) is 6.13. The summed E-state index contributed by atoms with van der Waals surface area (Å²) in [6.45, 7) is 7.77. The summed E-state index contributed by atoms with van der Waals surface area (Å²) in [6.07, 6.45) is 11.9. The number of hydrogen-bond acceptors (Lipinski definition) is 2. The highest BCUT2D eigenvalue weighted by atomic mass is 16.5.